The number of benzene rings is 1. The average Bonchev–Trinajstić information content (AvgIpc) is 3.32. The summed E-state index contributed by atoms with van der Waals surface area (Å²) in [7, 11) is 2.11. The molecule has 5 nitrogen and oxygen atoms in total. The quantitative estimate of drug-likeness (QED) is 0.448. The van der Waals surface area contributed by atoms with Crippen LogP contribution >= 0.6 is 23.8 Å². The Hall–Kier alpha value is -2.57. The van der Waals surface area contributed by atoms with E-state index in [9.17, 15) is 0 Å². The summed E-state index contributed by atoms with van der Waals surface area (Å²) in [5, 5.41) is 4.99. The predicted molar refractivity (Wildman–Crippen MR) is 145 cm³/mol. The van der Waals surface area contributed by atoms with Crippen molar-refractivity contribution in [2.75, 3.05) is 22.9 Å². The lowest BCUT2D eigenvalue weighted by Crippen LogP contribution is -2.38. The molecule has 4 atom stereocenters. The van der Waals surface area contributed by atoms with Gasteiger partial charge >= 0.3 is 0 Å². The highest BCUT2D eigenvalue weighted by Gasteiger charge is 2.42. The summed E-state index contributed by atoms with van der Waals surface area (Å²) >= 11 is 12.8. The summed E-state index contributed by atoms with van der Waals surface area (Å²) < 4.78 is 2.23. The molecule has 0 spiro atoms. The van der Waals surface area contributed by atoms with Gasteiger partial charge in [0.05, 0.1) is 22.4 Å². The van der Waals surface area contributed by atoms with Crippen molar-refractivity contribution in [1.82, 2.24) is 14.9 Å². The van der Waals surface area contributed by atoms with Crippen LogP contribution in [-0.4, -0.2) is 27.8 Å². The lowest BCUT2D eigenvalue weighted by atomic mass is 9.91. The molecule has 0 saturated carbocycles. The normalized spacial score (nSPS) is 25.0. The maximum atomic E-state index is 6.92. The molecule has 34 heavy (non-hydrogen) atoms. The van der Waals surface area contributed by atoms with Crippen LogP contribution in [0.25, 0.3) is 0 Å². The molecule has 5 rings (SSSR count). The summed E-state index contributed by atoms with van der Waals surface area (Å²) in [6.07, 6.45) is 3.11. The molecule has 7 heteroatoms. The molecule has 2 aliphatic heterocycles. The van der Waals surface area contributed by atoms with E-state index in [0.717, 1.165) is 35.2 Å². The molecule has 4 heterocycles. The van der Waals surface area contributed by atoms with Gasteiger partial charge in [-0.2, -0.15) is 0 Å². The van der Waals surface area contributed by atoms with Crippen molar-refractivity contribution in [1.29, 1.82) is 0 Å². The molecule has 1 aromatic carbocycles. The number of aromatic nitrogens is 2. The molecule has 0 unspecified atom stereocenters. The highest BCUT2D eigenvalue weighted by molar-refractivity contribution is 7.80. The minimum atomic E-state index is -0.0658. The minimum absolute atomic E-state index is 0.0435. The number of pyridine rings is 1. The molecule has 178 valence electrons. The number of anilines is 2. The fraction of sp³-hybridized carbons (Fsp3) is 0.407. The van der Waals surface area contributed by atoms with Gasteiger partial charge in [0.1, 0.15) is 6.04 Å². The van der Waals surface area contributed by atoms with Gasteiger partial charge in [0, 0.05) is 43.4 Å². The van der Waals surface area contributed by atoms with Gasteiger partial charge in [0.25, 0.3) is 0 Å². The number of halogens is 1. The summed E-state index contributed by atoms with van der Waals surface area (Å²) in [6.45, 7) is 8.85. The average molecular weight is 494 g/mol. The van der Waals surface area contributed by atoms with Crippen LogP contribution in [-0.2, 0) is 7.05 Å². The van der Waals surface area contributed by atoms with E-state index in [-0.39, 0.29) is 12.1 Å². The van der Waals surface area contributed by atoms with Gasteiger partial charge in [-0.1, -0.05) is 31.5 Å². The second kappa shape index (κ2) is 9.23. The third-order valence-electron chi connectivity index (χ3n) is 7.23. The topological polar surface area (TPSA) is 36.3 Å². The largest absolute Gasteiger partial charge is 0.370 e. The molecule has 2 aromatic heterocycles. The maximum Gasteiger partial charge on any atom is 0.174 e. The van der Waals surface area contributed by atoms with E-state index in [4.69, 9.17) is 23.8 Å². The number of nitrogens with zero attached hydrogens (tertiary/aromatic N) is 4. The van der Waals surface area contributed by atoms with E-state index in [1.165, 1.54) is 17.8 Å². The van der Waals surface area contributed by atoms with Gasteiger partial charge in [0.15, 0.2) is 5.11 Å². The zero-order valence-electron chi connectivity index (χ0n) is 20.2. The fourth-order valence-corrected chi connectivity index (χ4v) is 6.27. The van der Waals surface area contributed by atoms with Gasteiger partial charge in [0.2, 0.25) is 0 Å². The molecule has 2 saturated heterocycles. The Labute approximate surface area is 212 Å². The molecular weight excluding hydrogens is 462 g/mol. The second-order valence-corrected chi connectivity index (χ2v) is 10.7. The minimum Gasteiger partial charge on any atom is -0.370 e. The van der Waals surface area contributed by atoms with Crippen LogP contribution in [0.3, 0.4) is 0 Å². The second-order valence-electron chi connectivity index (χ2n) is 9.94. The Kier molecular flexibility index (Phi) is 6.30. The third kappa shape index (κ3) is 4.18. The lowest BCUT2D eigenvalue weighted by Gasteiger charge is -2.37. The Morgan fingerprint density at radius 2 is 1.82 bits per heavy atom. The monoisotopic (exact) mass is 493 g/mol. The summed E-state index contributed by atoms with van der Waals surface area (Å²) in [4.78, 5) is 9.28. The van der Waals surface area contributed by atoms with E-state index in [0.29, 0.717) is 16.9 Å². The summed E-state index contributed by atoms with van der Waals surface area (Å²) in [5.74, 6) is 1.33. The Morgan fingerprint density at radius 3 is 2.44 bits per heavy atom. The highest BCUT2D eigenvalue weighted by Crippen LogP contribution is 2.43. The molecule has 0 aliphatic carbocycles. The van der Waals surface area contributed by atoms with Crippen LogP contribution in [0.15, 0.2) is 54.7 Å². The first kappa shape index (κ1) is 23.2. The van der Waals surface area contributed by atoms with E-state index in [1.807, 2.05) is 18.3 Å². The van der Waals surface area contributed by atoms with Crippen LogP contribution < -0.4 is 15.1 Å². The summed E-state index contributed by atoms with van der Waals surface area (Å²) in [5.41, 5.74) is 5.45. The molecule has 1 N–H and O–H groups in total. The molecular formula is C27H32ClN5S. The predicted octanol–water partition coefficient (Wildman–Crippen LogP) is 6.04. The molecule has 2 fully saturated rings. The van der Waals surface area contributed by atoms with E-state index in [2.05, 4.69) is 88.9 Å². The number of rotatable bonds is 4. The smallest absolute Gasteiger partial charge is 0.174 e. The van der Waals surface area contributed by atoms with E-state index >= 15 is 0 Å². The first-order valence-electron chi connectivity index (χ1n) is 12.0. The molecule has 0 bridgehead atoms. The lowest BCUT2D eigenvalue weighted by molar-refractivity contribution is 0.357. The first-order valence-corrected chi connectivity index (χ1v) is 12.8. The first-order chi connectivity index (χ1) is 16.3. The number of thiocarbonyl (C=S) groups is 1. The standard InChI is InChI=1S/C27H32ClN5S/c1-17-13-18(2)16-32(15-17)23-11-9-20(14-21(23)28)33-26(24-10-8-19(3)31(24)4)25(30-27(33)34)22-7-5-6-12-29-22/h5-12,14,17-18,25-26H,13,15-16H2,1-4H3,(H,30,34)/t17-,18+,25-,26-/m1/s1. The van der Waals surface area contributed by atoms with Crippen molar-refractivity contribution in [3.63, 3.8) is 0 Å². The Balaban J connectivity index is 1.54. The van der Waals surface area contributed by atoms with E-state index < -0.39 is 0 Å². The molecule has 2 aliphatic rings. The molecule has 3 aromatic rings. The van der Waals surface area contributed by atoms with Crippen LogP contribution in [0.4, 0.5) is 11.4 Å². The summed E-state index contributed by atoms with van der Waals surface area (Å²) in [6, 6.07) is 16.6. The van der Waals surface area contributed by atoms with Crippen molar-refractivity contribution in [2.45, 2.75) is 39.3 Å². The Bertz CT molecular complexity index is 1180. The van der Waals surface area contributed by atoms with Crippen LogP contribution in [0, 0.1) is 18.8 Å². The number of hydrogen-bond acceptors (Lipinski definition) is 3. The van der Waals surface area contributed by atoms with Crippen LogP contribution in [0.1, 0.15) is 49.4 Å². The van der Waals surface area contributed by atoms with Gasteiger partial charge in [-0.15, -0.1) is 0 Å². The van der Waals surface area contributed by atoms with Crippen molar-refractivity contribution >= 4 is 40.3 Å². The number of nitrogens with one attached hydrogen (secondary N) is 1. The zero-order valence-corrected chi connectivity index (χ0v) is 21.8. The van der Waals surface area contributed by atoms with Crippen molar-refractivity contribution < 1.29 is 0 Å². The number of aryl methyl sites for hydroxylation is 1. The number of piperidine rings is 1. The van der Waals surface area contributed by atoms with Gasteiger partial charge in [-0.25, -0.2) is 0 Å². The molecule has 0 amide bonds. The number of hydrogen-bond donors (Lipinski definition) is 1. The van der Waals surface area contributed by atoms with Crippen LogP contribution in [0.2, 0.25) is 5.02 Å². The van der Waals surface area contributed by atoms with E-state index in [1.54, 1.807) is 0 Å². The van der Waals surface area contributed by atoms with Crippen molar-refractivity contribution in [2.24, 2.45) is 18.9 Å². The van der Waals surface area contributed by atoms with Gasteiger partial charge < -0.3 is 19.7 Å². The van der Waals surface area contributed by atoms with Crippen molar-refractivity contribution in [3.05, 3.63) is 76.8 Å². The molecule has 0 radical (unpaired) electrons. The van der Waals surface area contributed by atoms with Gasteiger partial charge in [-0.3, -0.25) is 4.98 Å². The Morgan fingerprint density at radius 1 is 1.06 bits per heavy atom. The van der Waals surface area contributed by atoms with Crippen LogP contribution in [0.5, 0.6) is 0 Å². The van der Waals surface area contributed by atoms with Gasteiger partial charge in [-0.05, 0) is 79.9 Å². The van der Waals surface area contributed by atoms with Crippen molar-refractivity contribution in [3.8, 4) is 0 Å². The SMILES string of the molecule is Cc1ccc([C@@H]2[C@@H](c3ccccn3)NC(=S)N2c2ccc(N3C[C@H](C)C[C@H](C)C3)c(Cl)c2)n1C. The highest BCUT2D eigenvalue weighted by atomic mass is 35.5. The fourth-order valence-electron chi connectivity index (χ4n) is 5.63. The maximum absolute atomic E-state index is 6.92. The third-order valence-corrected chi connectivity index (χ3v) is 7.85. The zero-order chi connectivity index (χ0) is 24.0.